The normalized spacial score (nSPS) is 9.56. The number of methoxy groups -OCH3 is 1. The van der Waals surface area contributed by atoms with Crippen molar-refractivity contribution in [3.63, 3.8) is 0 Å². The molecule has 0 radical (unpaired) electrons. The summed E-state index contributed by atoms with van der Waals surface area (Å²) in [5.41, 5.74) is 0.435. The van der Waals surface area contributed by atoms with Crippen molar-refractivity contribution in [2.45, 2.75) is 0 Å². The fourth-order valence-electron chi connectivity index (χ4n) is 1.21. The van der Waals surface area contributed by atoms with Crippen LogP contribution in [0.3, 0.4) is 0 Å². The number of rotatable bonds is 4. The van der Waals surface area contributed by atoms with Crippen LogP contribution < -0.4 is 4.74 Å². The van der Waals surface area contributed by atoms with Crippen molar-refractivity contribution in [2.75, 3.05) is 7.11 Å². The molecule has 0 aliphatic heterocycles. The van der Waals surface area contributed by atoms with Gasteiger partial charge in [-0.2, -0.15) is 0 Å². The zero-order valence-electron chi connectivity index (χ0n) is 8.73. The highest BCUT2D eigenvalue weighted by Gasteiger charge is 2.17. The first-order valence-electron chi connectivity index (χ1n) is 4.34. The van der Waals surface area contributed by atoms with E-state index in [-0.39, 0.29) is 22.9 Å². The van der Waals surface area contributed by atoms with Crippen LogP contribution in [-0.2, 0) is 0 Å². The average molecular weight is 221 g/mol. The SMILES string of the molecule is C=Cc1cc(C(=O)O)c(OC)nc1C(=C)O. The maximum atomic E-state index is 10.9. The standard InChI is InChI=1S/C11H11NO4/c1-4-7-5-8(11(14)15)10(16-3)12-9(7)6(2)13/h4-5,13H,1-2H2,3H3,(H,14,15). The summed E-state index contributed by atoms with van der Waals surface area (Å²) < 4.78 is 4.82. The molecule has 0 saturated heterocycles. The van der Waals surface area contributed by atoms with E-state index in [1.165, 1.54) is 19.3 Å². The lowest BCUT2D eigenvalue weighted by molar-refractivity contribution is 0.0692. The second kappa shape index (κ2) is 4.48. The third kappa shape index (κ3) is 2.03. The zero-order chi connectivity index (χ0) is 12.3. The smallest absolute Gasteiger partial charge is 0.341 e. The molecule has 5 heteroatoms. The monoisotopic (exact) mass is 221 g/mol. The number of nitrogens with zero attached hydrogens (tertiary/aromatic N) is 1. The third-order valence-electron chi connectivity index (χ3n) is 1.93. The van der Waals surface area contributed by atoms with Gasteiger partial charge in [-0.25, -0.2) is 9.78 Å². The second-order valence-electron chi connectivity index (χ2n) is 2.94. The molecule has 1 rings (SSSR count). The van der Waals surface area contributed by atoms with Crippen molar-refractivity contribution < 1.29 is 19.7 Å². The van der Waals surface area contributed by atoms with E-state index in [0.717, 1.165) is 0 Å². The molecule has 1 aromatic rings. The van der Waals surface area contributed by atoms with Gasteiger partial charge in [0, 0.05) is 5.56 Å². The molecule has 0 amide bonds. The van der Waals surface area contributed by atoms with Crippen molar-refractivity contribution in [2.24, 2.45) is 0 Å². The highest BCUT2D eigenvalue weighted by atomic mass is 16.5. The lowest BCUT2D eigenvalue weighted by Gasteiger charge is -2.09. The van der Waals surface area contributed by atoms with E-state index in [4.69, 9.17) is 9.84 Å². The Hall–Kier alpha value is -2.30. The van der Waals surface area contributed by atoms with Crippen LogP contribution >= 0.6 is 0 Å². The molecule has 0 fully saturated rings. The quantitative estimate of drug-likeness (QED) is 0.759. The largest absolute Gasteiger partial charge is 0.506 e. The summed E-state index contributed by atoms with van der Waals surface area (Å²) in [6.45, 7) is 6.83. The van der Waals surface area contributed by atoms with E-state index in [1.54, 1.807) is 0 Å². The maximum absolute atomic E-state index is 10.9. The molecule has 16 heavy (non-hydrogen) atoms. The van der Waals surface area contributed by atoms with Crippen LogP contribution in [0, 0.1) is 0 Å². The Balaban J connectivity index is 3.52. The van der Waals surface area contributed by atoms with E-state index in [1.807, 2.05) is 0 Å². The first-order chi connectivity index (χ1) is 7.51. The number of aliphatic hydroxyl groups is 1. The lowest BCUT2D eigenvalue weighted by atomic mass is 10.1. The minimum atomic E-state index is -1.16. The van der Waals surface area contributed by atoms with Crippen molar-refractivity contribution in [1.82, 2.24) is 4.98 Å². The first-order valence-corrected chi connectivity index (χ1v) is 4.34. The number of aromatic nitrogens is 1. The molecule has 0 saturated carbocycles. The molecule has 1 heterocycles. The summed E-state index contributed by atoms with van der Waals surface area (Å²) in [4.78, 5) is 14.7. The van der Waals surface area contributed by atoms with Crippen LogP contribution in [0.15, 0.2) is 19.2 Å². The molecule has 5 nitrogen and oxygen atoms in total. The third-order valence-corrected chi connectivity index (χ3v) is 1.93. The first kappa shape index (κ1) is 11.8. The number of carbonyl (C=O) groups is 1. The van der Waals surface area contributed by atoms with Crippen LogP contribution in [0.5, 0.6) is 5.88 Å². The Morgan fingerprint density at radius 2 is 2.19 bits per heavy atom. The molecular weight excluding hydrogens is 210 g/mol. The van der Waals surface area contributed by atoms with Crippen LogP contribution in [0.2, 0.25) is 0 Å². The molecule has 0 atom stereocenters. The molecule has 2 N–H and O–H groups in total. The van der Waals surface area contributed by atoms with Crippen LogP contribution in [0.4, 0.5) is 0 Å². The summed E-state index contributed by atoms with van der Waals surface area (Å²) >= 11 is 0. The number of ether oxygens (including phenoxy) is 1. The van der Waals surface area contributed by atoms with Gasteiger partial charge < -0.3 is 14.9 Å². The summed E-state index contributed by atoms with van der Waals surface area (Å²) in [5, 5.41) is 18.2. The minimum Gasteiger partial charge on any atom is -0.506 e. The number of carboxylic acids is 1. The van der Waals surface area contributed by atoms with Gasteiger partial charge in [-0.05, 0) is 6.07 Å². The Bertz CT molecular complexity index is 465. The van der Waals surface area contributed by atoms with Gasteiger partial charge in [0.2, 0.25) is 5.88 Å². The summed E-state index contributed by atoms with van der Waals surface area (Å²) in [5.74, 6) is -1.52. The summed E-state index contributed by atoms with van der Waals surface area (Å²) in [7, 11) is 1.30. The molecule has 1 aromatic heterocycles. The van der Waals surface area contributed by atoms with Gasteiger partial charge in [-0.1, -0.05) is 19.2 Å². The highest BCUT2D eigenvalue weighted by Crippen LogP contribution is 2.23. The van der Waals surface area contributed by atoms with Crippen LogP contribution in [0.25, 0.3) is 11.8 Å². The fourth-order valence-corrected chi connectivity index (χ4v) is 1.21. The Labute approximate surface area is 92.3 Å². The number of pyridine rings is 1. The fraction of sp³-hybridized carbons (Fsp3) is 0.0909. The van der Waals surface area contributed by atoms with Gasteiger partial charge in [0.15, 0.2) is 0 Å². The topological polar surface area (TPSA) is 79.7 Å². The van der Waals surface area contributed by atoms with Gasteiger partial charge in [0.25, 0.3) is 0 Å². The van der Waals surface area contributed by atoms with Crippen molar-refractivity contribution in [3.8, 4) is 5.88 Å². The van der Waals surface area contributed by atoms with Crippen molar-refractivity contribution >= 4 is 17.8 Å². The number of carboxylic acid groups (broad SMARTS) is 1. The number of hydrogen-bond acceptors (Lipinski definition) is 4. The number of aliphatic hydroxyl groups excluding tert-OH is 1. The van der Waals surface area contributed by atoms with Crippen LogP contribution in [0.1, 0.15) is 21.6 Å². The molecule has 0 spiro atoms. The molecular formula is C11H11NO4. The Morgan fingerprint density at radius 1 is 1.56 bits per heavy atom. The lowest BCUT2D eigenvalue weighted by Crippen LogP contribution is -2.06. The van der Waals surface area contributed by atoms with Crippen molar-refractivity contribution in [3.05, 3.63) is 36.0 Å². The molecule has 0 aliphatic carbocycles. The molecule has 0 aromatic carbocycles. The zero-order valence-corrected chi connectivity index (χ0v) is 8.73. The van der Waals surface area contributed by atoms with E-state index in [2.05, 4.69) is 18.1 Å². The van der Waals surface area contributed by atoms with Crippen molar-refractivity contribution in [1.29, 1.82) is 0 Å². The average Bonchev–Trinajstić information content (AvgIpc) is 2.26. The van der Waals surface area contributed by atoms with Crippen LogP contribution in [-0.4, -0.2) is 28.3 Å². The maximum Gasteiger partial charge on any atom is 0.341 e. The predicted octanol–water partition coefficient (Wildman–Crippen LogP) is 1.96. The van der Waals surface area contributed by atoms with Gasteiger partial charge >= 0.3 is 5.97 Å². The molecule has 84 valence electrons. The van der Waals surface area contributed by atoms with E-state index >= 15 is 0 Å². The van der Waals surface area contributed by atoms with Gasteiger partial charge in [0.1, 0.15) is 17.0 Å². The number of aromatic carboxylic acids is 1. The van der Waals surface area contributed by atoms with Gasteiger partial charge in [0.05, 0.1) is 7.11 Å². The molecule has 0 bridgehead atoms. The predicted molar refractivity (Wildman–Crippen MR) is 59.5 cm³/mol. The van der Waals surface area contributed by atoms with E-state index in [9.17, 15) is 9.90 Å². The second-order valence-corrected chi connectivity index (χ2v) is 2.94. The summed E-state index contributed by atoms with van der Waals surface area (Å²) in [6.07, 6.45) is 1.38. The Morgan fingerprint density at radius 3 is 2.56 bits per heavy atom. The van der Waals surface area contributed by atoms with E-state index in [0.29, 0.717) is 5.56 Å². The minimum absolute atomic E-state index is 0.0803. The highest BCUT2D eigenvalue weighted by molar-refractivity contribution is 5.91. The van der Waals surface area contributed by atoms with E-state index < -0.39 is 5.97 Å². The molecule has 0 unspecified atom stereocenters. The number of hydrogen-bond donors (Lipinski definition) is 2. The van der Waals surface area contributed by atoms with Gasteiger partial charge in [-0.15, -0.1) is 0 Å². The molecule has 0 aliphatic rings. The van der Waals surface area contributed by atoms with Gasteiger partial charge in [-0.3, -0.25) is 0 Å². The summed E-state index contributed by atoms with van der Waals surface area (Å²) in [6, 6.07) is 1.32. The Kier molecular flexibility index (Phi) is 3.30.